The fraction of sp³-hybridized carbons (Fsp3) is 0.0667. The highest BCUT2D eigenvalue weighted by molar-refractivity contribution is 8.26. The predicted octanol–water partition coefficient (Wildman–Crippen LogP) is 2.42. The van der Waals surface area contributed by atoms with Crippen molar-refractivity contribution in [2.45, 2.75) is 11.8 Å². The molecule has 124 valence electrons. The number of carbonyl (C=O) groups excluding carboxylic acids is 1. The minimum Gasteiger partial charge on any atom is -0.362 e. The summed E-state index contributed by atoms with van der Waals surface area (Å²) >= 11 is 6.16. The lowest BCUT2D eigenvalue weighted by Crippen LogP contribution is -2.44. The topological polar surface area (TPSA) is 82.3 Å². The molecule has 1 aromatic heterocycles. The van der Waals surface area contributed by atoms with E-state index in [1.165, 1.54) is 12.1 Å². The molecule has 1 amide bonds. The Labute approximate surface area is 149 Å². The second kappa shape index (κ2) is 6.52. The van der Waals surface area contributed by atoms with Gasteiger partial charge in [-0.15, -0.1) is 4.83 Å². The summed E-state index contributed by atoms with van der Waals surface area (Å²) in [6, 6.07) is 9.91. The van der Waals surface area contributed by atoms with Crippen molar-refractivity contribution in [1.29, 1.82) is 0 Å². The smallest absolute Gasteiger partial charge is 0.281 e. The Morgan fingerprint density at radius 3 is 2.58 bits per heavy atom. The van der Waals surface area contributed by atoms with Gasteiger partial charge in [-0.2, -0.15) is 0 Å². The van der Waals surface area contributed by atoms with Crippen LogP contribution >= 0.6 is 24.0 Å². The van der Waals surface area contributed by atoms with Crippen LogP contribution in [0.15, 0.2) is 52.4 Å². The van der Waals surface area contributed by atoms with Gasteiger partial charge in [0.1, 0.15) is 0 Å². The van der Waals surface area contributed by atoms with Gasteiger partial charge in [-0.3, -0.25) is 4.79 Å². The molecule has 6 nitrogen and oxygen atoms in total. The molecule has 1 saturated heterocycles. The Morgan fingerprint density at radius 2 is 1.96 bits per heavy atom. The van der Waals surface area contributed by atoms with E-state index in [4.69, 9.17) is 12.2 Å². The zero-order valence-electron chi connectivity index (χ0n) is 12.5. The van der Waals surface area contributed by atoms with Crippen LogP contribution in [0.25, 0.3) is 6.08 Å². The van der Waals surface area contributed by atoms with Gasteiger partial charge in [0, 0.05) is 11.9 Å². The quantitative estimate of drug-likeness (QED) is 0.630. The normalized spacial score (nSPS) is 17.0. The monoisotopic (exact) mass is 379 g/mol. The molecule has 24 heavy (non-hydrogen) atoms. The van der Waals surface area contributed by atoms with Gasteiger partial charge in [0.25, 0.3) is 15.9 Å². The maximum atomic E-state index is 12.4. The van der Waals surface area contributed by atoms with Crippen LogP contribution in [0.2, 0.25) is 0 Å². The highest BCUT2D eigenvalue weighted by Crippen LogP contribution is 2.31. The zero-order chi connectivity index (χ0) is 17.3. The number of thioether (sulfide) groups is 1. The molecule has 0 aliphatic carbocycles. The van der Waals surface area contributed by atoms with Crippen LogP contribution in [0.3, 0.4) is 0 Å². The van der Waals surface area contributed by atoms with Gasteiger partial charge < -0.3 is 4.98 Å². The first-order valence-electron chi connectivity index (χ1n) is 6.87. The number of hydrogen-bond donors (Lipinski definition) is 2. The van der Waals surface area contributed by atoms with E-state index in [1.807, 2.05) is 6.92 Å². The summed E-state index contributed by atoms with van der Waals surface area (Å²) in [4.78, 5) is 18.0. The number of H-pyrrole nitrogens is 1. The number of hydrazine groups is 1. The molecule has 2 N–H and O–H groups in total. The number of aromatic nitrogens is 1. The predicted molar refractivity (Wildman–Crippen MR) is 97.3 cm³/mol. The number of nitrogens with one attached hydrogen (secondary N) is 2. The molecule has 0 saturated carbocycles. The van der Waals surface area contributed by atoms with Gasteiger partial charge in [-0.25, -0.2) is 13.4 Å². The third-order valence-corrected chi connectivity index (χ3v) is 5.86. The minimum atomic E-state index is -3.89. The number of benzene rings is 1. The summed E-state index contributed by atoms with van der Waals surface area (Å²) < 4.78 is 25.0. The summed E-state index contributed by atoms with van der Waals surface area (Å²) in [6.45, 7) is 1.86. The van der Waals surface area contributed by atoms with E-state index in [0.717, 1.165) is 28.0 Å². The molecule has 0 radical (unpaired) electrons. The fourth-order valence-corrected chi connectivity index (χ4v) is 4.31. The second-order valence-electron chi connectivity index (χ2n) is 5.05. The van der Waals surface area contributed by atoms with Gasteiger partial charge in [0.05, 0.1) is 9.80 Å². The molecule has 1 aliphatic rings. The van der Waals surface area contributed by atoms with Crippen molar-refractivity contribution in [3.05, 3.63) is 58.8 Å². The van der Waals surface area contributed by atoms with Gasteiger partial charge in [-0.1, -0.05) is 41.7 Å². The molecule has 1 fully saturated rings. The number of carbonyl (C=O) groups is 1. The average molecular weight is 379 g/mol. The van der Waals surface area contributed by atoms with Gasteiger partial charge >= 0.3 is 0 Å². The number of sulfonamides is 1. The number of aryl methyl sites for hydroxylation is 1. The van der Waals surface area contributed by atoms with Gasteiger partial charge in [0.15, 0.2) is 4.32 Å². The van der Waals surface area contributed by atoms with Crippen LogP contribution in [-0.4, -0.2) is 28.6 Å². The first-order valence-corrected chi connectivity index (χ1v) is 9.58. The molecule has 2 heterocycles. The molecule has 0 atom stereocenters. The number of thiocarbonyl (C=S) groups is 1. The van der Waals surface area contributed by atoms with E-state index in [2.05, 4.69) is 9.82 Å². The van der Waals surface area contributed by atoms with Crippen LogP contribution in [0.4, 0.5) is 0 Å². The summed E-state index contributed by atoms with van der Waals surface area (Å²) in [5, 5.41) is 0.879. The van der Waals surface area contributed by atoms with Crippen LogP contribution in [0.5, 0.6) is 0 Å². The largest absolute Gasteiger partial charge is 0.362 e. The van der Waals surface area contributed by atoms with Crippen molar-refractivity contribution in [3.63, 3.8) is 0 Å². The molecule has 1 aromatic carbocycles. The highest BCUT2D eigenvalue weighted by Gasteiger charge is 2.35. The Kier molecular flexibility index (Phi) is 4.59. The van der Waals surface area contributed by atoms with Gasteiger partial charge in [-0.05, 0) is 37.3 Å². The van der Waals surface area contributed by atoms with E-state index in [-0.39, 0.29) is 9.22 Å². The van der Waals surface area contributed by atoms with Crippen molar-refractivity contribution in [2.75, 3.05) is 0 Å². The van der Waals surface area contributed by atoms with E-state index >= 15 is 0 Å². The van der Waals surface area contributed by atoms with E-state index in [1.54, 1.807) is 36.5 Å². The van der Waals surface area contributed by atoms with Crippen LogP contribution in [0.1, 0.15) is 11.3 Å². The van der Waals surface area contributed by atoms with Crippen LogP contribution < -0.4 is 4.83 Å². The standard InChI is InChI=1S/C15H13N3O3S3/c1-10-4-6-12(7-5-10)24(20,21)17-18-14(19)13(23-15(18)22)9-11-3-2-8-16-11/h2-9,16-17H,1H3/b13-9+. The molecule has 0 unspecified atom stereocenters. The number of nitrogens with zero attached hydrogens (tertiary/aromatic N) is 1. The second-order valence-corrected chi connectivity index (χ2v) is 8.39. The molecule has 0 spiro atoms. The van der Waals surface area contributed by atoms with Crippen molar-refractivity contribution in [3.8, 4) is 0 Å². The number of hydrogen-bond acceptors (Lipinski definition) is 5. The minimum absolute atomic E-state index is 0.0653. The summed E-state index contributed by atoms with van der Waals surface area (Å²) in [5.74, 6) is -0.504. The van der Waals surface area contributed by atoms with E-state index < -0.39 is 15.9 Å². The summed E-state index contributed by atoms with van der Waals surface area (Å²) in [7, 11) is -3.89. The lowest BCUT2D eigenvalue weighted by Gasteiger charge is -2.16. The van der Waals surface area contributed by atoms with Crippen molar-refractivity contribution in [2.24, 2.45) is 0 Å². The summed E-state index contributed by atoms with van der Waals surface area (Å²) in [6.07, 6.45) is 3.35. The van der Waals surface area contributed by atoms with Crippen molar-refractivity contribution < 1.29 is 13.2 Å². The molecule has 0 bridgehead atoms. The Balaban J connectivity index is 1.83. The van der Waals surface area contributed by atoms with E-state index in [9.17, 15) is 13.2 Å². The fourth-order valence-electron chi connectivity index (χ4n) is 2.01. The molecule has 3 rings (SSSR count). The Bertz CT molecular complexity index is 917. The average Bonchev–Trinajstić information content (AvgIpc) is 3.12. The number of amides is 1. The molecule has 9 heteroatoms. The van der Waals surface area contributed by atoms with Crippen LogP contribution in [0, 0.1) is 6.92 Å². The Morgan fingerprint density at radius 1 is 1.25 bits per heavy atom. The lowest BCUT2D eigenvalue weighted by atomic mass is 10.2. The van der Waals surface area contributed by atoms with Crippen LogP contribution in [-0.2, 0) is 14.8 Å². The summed E-state index contributed by atoms with van der Waals surface area (Å²) in [5.41, 5.74) is 1.67. The first kappa shape index (κ1) is 16.9. The van der Waals surface area contributed by atoms with Crippen molar-refractivity contribution in [1.82, 2.24) is 14.8 Å². The van der Waals surface area contributed by atoms with E-state index in [0.29, 0.717) is 4.91 Å². The highest BCUT2D eigenvalue weighted by atomic mass is 32.2. The van der Waals surface area contributed by atoms with Crippen molar-refractivity contribution >= 4 is 50.3 Å². The van der Waals surface area contributed by atoms with Gasteiger partial charge in [0.2, 0.25) is 0 Å². The molecule has 2 aromatic rings. The third-order valence-electron chi connectivity index (χ3n) is 3.25. The zero-order valence-corrected chi connectivity index (χ0v) is 15.0. The maximum absolute atomic E-state index is 12.4. The Hall–Kier alpha value is -1.94. The first-order chi connectivity index (χ1) is 11.4. The number of rotatable bonds is 4. The molecule has 1 aliphatic heterocycles. The third kappa shape index (κ3) is 3.44. The SMILES string of the molecule is Cc1ccc(S(=O)(=O)NN2C(=O)/C(=C\c3ccc[nH]3)SC2=S)cc1. The lowest BCUT2D eigenvalue weighted by molar-refractivity contribution is -0.123. The number of aromatic amines is 1. The molecular formula is C15H13N3O3S3. The molecular weight excluding hydrogens is 366 g/mol. The maximum Gasteiger partial charge on any atom is 0.281 e.